The Balaban J connectivity index is 1.02. The Kier molecular flexibility index (Phi) is 6.98. The van der Waals surface area contributed by atoms with Crippen LogP contribution in [0.4, 0.5) is 27.7 Å². The molecule has 2 bridgehead atoms. The minimum atomic E-state index is -0.272. The number of amides is 2. The maximum Gasteiger partial charge on any atom is 0.323 e. The van der Waals surface area contributed by atoms with Crippen LogP contribution in [0.5, 0.6) is 0 Å². The molecule has 2 unspecified atom stereocenters. The Morgan fingerprint density at radius 3 is 2.07 bits per heavy atom. The summed E-state index contributed by atoms with van der Waals surface area (Å²) in [5.41, 5.74) is 5.94. The highest BCUT2D eigenvalue weighted by molar-refractivity contribution is 5.99. The number of hydrogen-bond donors (Lipinski definition) is 2. The Morgan fingerprint density at radius 1 is 0.780 bits per heavy atom. The van der Waals surface area contributed by atoms with Crippen LogP contribution in [-0.4, -0.2) is 91.4 Å². The molecule has 10 nitrogen and oxygen atoms in total. The van der Waals surface area contributed by atoms with Crippen molar-refractivity contribution in [3.05, 3.63) is 59.8 Å². The Labute approximate surface area is 241 Å². The average molecular weight is 555 g/mol. The van der Waals surface area contributed by atoms with Crippen LogP contribution in [0, 0.1) is 0 Å². The lowest BCUT2D eigenvalue weighted by Crippen LogP contribution is -2.44. The Hall–Kier alpha value is -3.73. The first kappa shape index (κ1) is 26.2. The number of morpholine rings is 1. The van der Waals surface area contributed by atoms with Gasteiger partial charge in [-0.3, -0.25) is 4.90 Å². The van der Waals surface area contributed by atoms with E-state index >= 15 is 0 Å². The van der Waals surface area contributed by atoms with Crippen molar-refractivity contribution >= 4 is 28.9 Å². The van der Waals surface area contributed by atoms with E-state index < -0.39 is 0 Å². The summed E-state index contributed by atoms with van der Waals surface area (Å²) in [5, 5.41) is 5.88. The molecule has 10 heteroatoms. The fraction of sp³-hybridized carbons (Fsp3) is 0.452. The summed E-state index contributed by atoms with van der Waals surface area (Å²) in [4.78, 5) is 32.2. The lowest BCUT2D eigenvalue weighted by Gasteiger charge is -2.34. The highest BCUT2D eigenvalue weighted by Crippen LogP contribution is 2.35. The number of nitrogens with zero attached hydrogens (tertiary/aromatic N) is 6. The first-order chi connectivity index (χ1) is 20.0. The molecule has 5 heterocycles. The van der Waals surface area contributed by atoms with E-state index in [4.69, 9.17) is 14.7 Å². The number of anilines is 4. The van der Waals surface area contributed by atoms with Gasteiger partial charge in [-0.05, 0) is 75.5 Å². The zero-order chi connectivity index (χ0) is 27.9. The molecule has 4 aliphatic rings. The van der Waals surface area contributed by atoms with Gasteiger partial charge in [-0.15, -0.1) is 0 Å². The number of nitrogens with one attached hydrogen (secondary N) is 2. The SMILES string of the molecule is CN1CCN(c2ccc(NC(=O)Nc3ccc(-c4nc5c(c(N6CC7CCC(C6)O7)n4)CN(C)C5)cc3)cc2)CC1. The molecule has 0 radical (unpaired) electrons. The van der Waals surface area contributed by atoms with Crippen molar-refractivity contribution in [1.82, 2.24) is 19.8 Å². The van der Waals surface area contributed by atoms with Gasteiger partial charge in [0.2, 0.25) is 0 Å². The first-order valence-corrected chi connectivity index (χ1v) is 14.7. The minimum absolute atomic E-state index is 0.272. The summed E-state index contributed by atoms with van der Waals surface area (Å²) < 4.78 is 6.08. The lowest BCUT2D eigenvalue weighted by atomic mass is 10.1. The summed E-state index contributed by atoms with van der Waals surface area (Å²) in [6.07, 6.45) is 2.86. The van der Waals surface area contributed by atoms with Gasteiger partial charge in [-0.2, -0.15) is 0 Å². The monoisotopic (exact) mass is 554 g/mol. The lowest BCUT2D eigenvalue weighted by molar-refractivity contribution is 0.0301. The quantitative estimate of drug-likeness (QED) is 0.492. The zero-order valence-corrected chi connectivity index (χ0v) is 23.8. The molecular formula is C31H38N8O2. The largest absolute Gasteiger partial charge is 0.371 e. The molecule has 0 saturated carbocycles. The molecule has 41 heavy (non-hydrogen) atoms. The summed E-state index contributed by atoms with van der Waals surface area (Å²) in [7, 11) is 4.28. The summed E-state index contributed by atoms with van der Waals surface area (Å²) in [6, 6.07) is 15.5. The fourth-order valence-corrected chi connectivity index (χ4v) is 6.39. The first-order valence-electron chi connectivity index (χ1n) is 14.7. The number of likely N-dealkylation sites (N-methyl/N-ethyl adjacent to an activating group) is 1. The zero-order valence-electron chi connectivity index (χ0n) is 23.8. The van der Waals surface area contributed by atoms with Crippen molar-refractivity contribution in [2.45, 2.75) is 38.1 Å². The van der Waals surface area contributed by atoms with Gasteiger partial charge in [0.05, 0.1) is 17.9 Å². The molecule has 2 atom stereocenters. The van der Waals surface area contributed by atoms with E-state index in [0.717, 1.165) is 93.8 Å². The van der Waals surface area contributed by atoms with Gasteiger partial charge >= 0.3 is 6.03 Å². The molecule has 214 valence electrons. The van der Waals surface area contributed by atoms with Gasteiger partial charge in [0, 0.05) is 80.5 Å². The highest BCUT2D eigenvalue weighted by atomic mass is 16.5. The van der Waals surface area contributed by atoms with E-state index in [1.807, 2.05) is 36.4 Å². The van der Waals surface area contributed by atoms with Crippen LogP contribution >= 0.6 is 0 Å². The van der Waals surface area contributed by atoms with Gasteiger partial charge in [0.25, 0.3) is 0 Å². The second-order valence-electron chi connectivity index (χ2n) is 11.8. The minimum Gasteiger partial charge on any atom is -0.371 e. The predicted octanol–water partition coefficient (Wildman–Crippen LogP) is 3.85. The number of urea groups is 1. The third kappa shape index (κ3) is 5.59. The van der Waals surface area contributed by atoms with Crippen LogP contribution in [-0.2, 0) is 17.8 Å². The van der Waals surface area contributed by atoms with Crippen molar-refractivity contribution < 1.29 is 9.53 Å². The average Bonchev–Trinajstić information content (AvgIpc) is 3.53. The third-order valence-corrected chi connectivity index (χ3v) is 8.66. The van der Waals surface area contributed by atoms with E-state index in [-0.39, 0.29) is 6.03 Å². The number of hydrogen-bond acceptors (Lipinski definition) is 8. The van der Waals surface area contributed by atoms with E-state index in [0.29, 0.717) is 17.9 Å². The van der Waals surface area contributed by atoms with E-state index in [1.165, 1.54) is 11.3 Å². The number of fused-ring (bicyclic) bond motifs is 3. The van der Waals surface area contributed by atoms with Gasteiger partial charge in [0.15, 0.2) is 5.82 Å². The molecule has 3 fully saturated rings. The number of carbonyl (C=O) groups excluding carboxylic acids is 1. The van der Waals surface area contributed by atoms with E-state index in [1.54, 1.807) is 0 Å². The second kappa shape index (κ2) is 10.9. The number of rotatable bonds is 5. The standard InChI is InChI=1S/C31H38N8O2/c1-36-13-15-38(16-14-36)24-9-7-23(8-10-24)33-31(40)32-22-5-3-21(4-6-22)29-34-28-20-37(2)19-27(28)30(35-29)39-17-25-11-12-26(18-39)41-25/h3-10,25-26H,11-20H2,1-2H3,(H2,32,33,40). The molecule has 1 aromatic heterocycles. The van der Waals surface area contributed by atoms with Crippen LogP contribution in [0.15, 0.2) is 48.5 Å². The van der Waals surface area contributed by atoms with Crippen molar-refractivity contribution in [3.63, 3.8) is 0 Å². The molecule has 7 rings (SSSR count). The number of ether oxygens (including phenoxy) is 1. The number of benzene rings is 2. The molecule has 4 aliphatic heterocycles. The van der Waals surface area contributed by atoms with Crippen LogP contribution in [0.2, 0.25) is 0 Å². The topological polar surface area (TPSA) is 89.1 Å². The van der Waals surface area contributed by atoms with Crippen LogP contribution < -0.4 is 20.4 Å². The highest BCUT2D eigenvalue weighted by Gasteiger charge is 2.36. The van der Waals surface area contributed by atoms with Gasteiger partial charge in [-0.1, -0.05) is 0 Å². The normalized spacial score (nSPS) is 22.6. The van der Waals surface area contributed by atoms with Crippen LogP contribution in [0.1, 0.15) is 24.1 Å². The van der Waals surface area contributed by atoms with Gasteiger partial charge in [0.1, 0.15) is 5.82 Å². The van der Waals surface area contributed by atoms with Crippen molar-refractivity contribution in [2.24, 2.45) is 0 Å². The maximum absolute atomic E-state index is 12.7. The van der Waals surface area contributed by atoms with E-state index in [2.05, 4.69) is 56.5 Å². The number of aromatic nitrogens is 2. The predicted molar refractivity (Wildman–Crippen MR) is 162 cm³/mol. The molecule has 2 aromatic carbocycles. The maximum atomic E-state index is 12.7. The van der Waals surface area contributed by atoms with Crippen LogP contribution in [0.25, 0.3) is 11.4 Å². The smallest absolute Gasteiger partial charge is 0.323 e. The van der Waals surface area contributed by atoms with Gasteiger partial charge < -0.3 is 30.1 Å². The number of carbonyl (C=O) groups is 1. The molecule has 3 saturated heterocycles. The molecule has 3 aromatic rings. The second-order valence-corrected chi connectivity index (χ2v) is 11.8. The molecule has 0 spiro atoms. The van der Waals surface area contributed by atoms with Crippen molar-refractivity contribution in [1.29, 1.82) is 0 Å². The van der Waals surface area contributed by atoms with Crippen molar-refractivity contribution in [2.75, 3.05) is 73.8 Å². The fourth-order valence-electron chi connectivity index (χ4n) is 6.39. The van der Waals surface area contributed by atoms with Gasteiger partial charge in [-0.25, -0.2) is 14.8 Å². The summed E-state index contributed by atoms with van der Waals surface area (Å²) >= 11 is 0. The molecular weight excluding hydrogens is 516 g/mol. The Morgan fingerprint density at radius 2 is 1.41 bits per heavy atom. The van der Waals surface area contributed by atoms with E-state index in [9.17, 15) is 4.79 Å². The third-order valence-electron chi connectivity index (χ3n) is 8.66. The van der Waals surface area contributed by atoms with Crippen LogP contribution in [0.3, 0.4) is 0 Å². The Bertz CT molecular complexity index is 1390. The summed E-state index contributed by atoms with van der Waals surface area (Å²) in [5.74, 6) is 1.78. The molecule has 2 amide bonds. The van der Waals surface area contributed by atoms with Crippen molar-refractivity contribution in [3.8, 4) is 11.4 Å². The molecule has 0 aliphatic carbocycles. The molecule has 2 N–H and O–H groups in total. The number of piperazine rings is 1. The summed E-state index contributed by atoms with van der Waals surface area (Å²) in [6.45, 7) is 7.63.